The molecule has 0 radical (unpaired) electrons. The van der Waals surface area contributed by atoms with Crippen molar-refractivity contribution in [3.05, 3.63) is 41.9 Å². The molecule has 1 aromatic rings. The van der Waals surface area contributed by atoms with Crippen molar-refractivity contribution in [1.82, 2.24) is 9.88 Å². The molecule has 2 aliphatic rings. The van der Waals surface area contributed by atoms with Crippen LogP contribution in [0.4, 0.5) is 8.78 Å². The van der Waals surface area contributed by atoms with Gasteiger partial charge in [-0.05, 0) is 30.1 Å². The van der Waals surface area contributed by atoms with Gasteiger partial charge < -0.3 is 5.11 Å². The predicted molar refractivity (Wildman–Crippen MR) is 103 cm³/mol. The number of allylic oxidation sites excluding steroid dienone is 2. The van der Waals surface area contributed by atoms with Crippen LogP contribution in [0.3, 0.4) is 0 Å². The van der Waals surface area contributed by atoms with E-state index in [2.05, 4.69) is 18.8 Å². The van der Waals surface area contributed by atoms with Crippen LogP contribution in [0.15, 0.2) is 41.3 Å². The highest BCUT2D eigenvalue weighted by Crippen LogP contribution is 2.42. The zero-order chi connectivity index (χ0) is 19.6. The summed E-state index contributed by atoms with van der Waals surface area (Å²) in [6, 6.07) is 3.66. The van der Waals surface area contributed by atoms with E-state index in [0.29, 0.717) is 23.8 Å². The van der Waals surface area contributed by atoms with Gasteiger partial charge in [0.15, 0.2) is 5.83 Å². The zero-order valence-electron chi connectivity index (χ0n) is 15.5. The van der Waals surface area contributed by atoms with Crippen LogP contribution < -0.4 is 0 Å². The number of carbonyl (C=O) groups is 1. The Kier molecular flexibility index (Phi) is 6.01. The lowest BCUT2D eigenvalue weighted by Crippen LogP contribution is -2.45. The van der Waals surface area contributed by atoms with Crippen LogP contribution in [0, 0.1) is 5.92 Å². The third-order valence-electron chi connectivity index (χ3n) is 4.92. The Balaban J connectivity index is 1.79. The minimum Gasteiger partial charge on any atom is -0.481 e. The van der Waals surface area contributed by atoms with Crippen molar-refractivity contribution < 1.29 is 18.7 Å². The molecule has 27 heavy (non-hydrogen) atoms. The molecule has 1 aliphatic heterocycles. The van der Waals surface area contributed by atoms with Crippen LogP contribution >= 0.6 is 11.8 Å². The van der Waals surface area contributed by atoms with Gasteiger partial charge in [-0.15, -0.1) is 11.8 Å². The second-order valence-electron chi connectivity index (χ2n) is 7.34. The SMILES string of the molecule is CC(C)Sc1ncccc1C1=CCC(F)(N2CCC(CC(=O)O)C2)C(F)=C1. The number of alkyl halides is 1. The van der Waals surface area contributed by atoms with Crippen molar-refractivity contribution in [2.45, 2.75) is 49.2 Å². The summed E-state index contributed by atoms with van der Waals surface area (Å²) in [6.45, 7) is 4.74. The molecule has 146 valence electrons. The van der Waals surface area contributed by atoms with E-state index in [1.54, 1.807) is 30.1 Å². The number of aliphatic carboxylic acids is 1. The van der Waals surface area contributed by atoms with Crippen molar-refractivity contribution in [2.24, 2.45) is 5.92 Å². The van der Waals surface area contributed by atoms with Gasteiger partial charge in [0.25, 0.3) is 0 Å². The highest BCUT2D eigenvalue weighted by atomic mass is 32.2. The number of carboxylic acid groups (broad SMARTS) is 1. The second kappa shape index (κ2) is 8.10. The zero-order valence-corrected chi connectivity index (χ0v) is 16.3. The molecule has 0 spiro atoms. The maximum atomic E-state index is 15.5. The molecule has 0 aromatic carbocycles. The van der Waals surface area contributed by atoms with Gasteiger partial charge in [-0.1, -0.05) is 26.0 Å². The van der Waals surface area contributed by atoms with Gasteiger partial charge in [-0.2, -0.15) is 0 Å². The minimum absolute atomic E-state index is 0.00945. The third-order valence-corrected chi connectivity index (χ3v) is 5.94. The quantitative estimate of drug-likeness (QED) is 0.561. The first-order valence-electron chi connectivity index (χ1n) is 9.15. The van der Waals surface area contributed by atoms with Crippen LogP contribution in [0.1, 0.15) is 38.7 Å². The lowest BCUT2D eigenvalue weighted by Gasteiger charge is -2.35. The van der Waals surface area contributed by atoms with Gasteiger partial charge in [0.1, 0.15) is 5.03 Å². The fourth-order valence-electron chi connectivity index (χ4n) is 3.61. The Morgan fingerprint density at radius 3 is 2.96 bits per heavy atom. The third kappa shape index (κ3) is 4.41. The molecule has 4 nitrogen and oxygen atoms in total. The van der Waals surface area contributed by atoms with Crippen molar-refractivity contribution in [1.29, 1.82) is 0 Å². The molecule has 1 aromatic heterocycles. The highest BCUT2D eigenvalue weighted by Gasteiger charge is 2.46. The number of rotatable bonds is 6. The van der Waals surface area contributed by atoms with E-state index in [-0.39, 0.29) is 25.3 Å². The van der Waals surface area contributed by atoms with Gasteiger partial charge >= 0.3 is 5.97 Å². The molecule has 3 rings (SSSR count). The normalized spacial score (nSPS) is 26.2. The minimum atomic E-state index is -2.19. The summed E-state index contributed by atoms with van der Waals surface area (Å²) in [5.74, 6) is -4.05. The van der Waals surface area contributed by atoms with Crippen LogP contribution in [-0.2, 0) is 4.79 Å². The van der Waals surface area contributed by atoms with Crippen molar-refractivity contribution in [2.75, 3.05) is 13.1 Å². The molecule has 7 heteroatoms. The number of halogens is 2. The average Bonchev–Trinajstić information content (AvgIpc) is 3.06. The van der Waals surface area contributed by atoms with Gasteiger partial charge in [0.2, 0.25) is 5.79 Å². The summed E-state index contributed by atoms with van der Waals surface area (Å²) in [7, 11) is 0. The van der Waals surface area contributed by atoms with Crippen molar-refractivity contribution >= 4 is 23.3 Å². The monoisotopic (exact) mass is 394 g/mol. The largest absolute Gasteiger partial charge is 0.481 e. The molecule has 2 heterocycles. The smallest absolute Gasteiger partial charge is 0.303 e. The Bertz CT molecular complexity index is 781. The van der Waals surface area contributed by atoms with E-state index in [9.17, 15) is 9.18 Å². The fourth-order valence-corrected chi connectivity index (χ4v) is 4.49. The first-order valence-corrected chi connectivity index (χ1v) is 10.0. The summed E-state index contributed by atoms with van der Waals surface area (Å²) in [5.41, 5.74) is 1.44. The summed E-state index contributed by atoms with van der Waals surface area (Å²) >= 11 is 1.59. The lowest BCUT2D eigenvalue weighted by molar-refractivity contribution is -0.138. The number of thioether (sulfide) groups is 1. The summed E-state index contributed by atoms with van der Waals surface area (Å²) < 4.78 is 30.3. The molecule has 0 amide bonds. The molecular weight excluding hydrogens is 370 g/mol. The van der Waals surface area contributed by atoms with Crippen molar-refractivity contribution in [3.8, 4) is 0 Å². The maximum absolute atomic E-state index is 15.5. The lowest BCUT2D eigenvalue weighted by atomic mass is 9.94. The Morgan fingerprint density at radius 1 is 1.52 bits per heavy atom. The number of carboxylic acids is 1. The molecule has 1 aliphatic carbocycles. The van der Waals surface area contributed by atoms with Gasteiger partial charge in [0.05, 0.1) is 0 Å². The number of hydrogen-bond donors (Lipinski definition) is 1. The Labute approximate surface area is 162 Å². The predicted octanol–water partition coefficient (Wildman–Crippen LogP) is 4.69. The Morgan fingerprint density at radius 2 is 2.30 bits per heavy atom. The topological polar surface area (TPSA) is 53.4 Å². The number of likely N-dealkylation sites (tertiary alicyclic amines) is 1. The standard InChI is InChI=1S/C20H24F2N2O2S/c1-13(2)27-19-16(4-3-8-23-19)15-5-7-20(22,17(21)11-15)24-9-6-14(12-24)10-18(25)26/h3-5,8,11,13-14H,6-7,9-10,12H2,1-2H3,(H,25,26). The summed E-state index contributed by atoms with van der Waals surface area (Å²) in [6.07, 6.45) is 5.14. The van der Waals surface area contributed by atoms with Gasteiger partial charge in [-0.3, -0.25) is 9.69 Å². The maximum Gasteiger partial charge on any atom is 0.303 e. The van der Waals surface area contributed by atoms with E-state index < -0.39 is 17.6 Å². The molecule has 0 bridgehead atoms. The first kappa shape index (κ1) is 20.0. The highest BCUT2D eigenvalue weighted by molar-refractivity contribution is 7.99. The van der Waals surface area contributed by atoms with Crippen molar-refractivity contribution in [3.63, 3.8) is 0 Å². The fraction of sp³-hybridized carbons (Fsp3) is 0.500. The molecule has 2 unspecified atom stereocenters. The van der Waals surface area contributed by atoms with E-state index in [4.69, 9.17) is 5.11 Å². The van der Waals surface area contributed by atoms with E-state index >= 15 is 4.39 Å². The van der Waals surface area contributed by atoms with Crippen LogP contribution in [0.25, 0.3) is 5.57 Å². The van der Waals surface area contributed by atoms with Crippen LogP contribution in [0.2, 0.25) is 0 Å². The van der Waals surface area contributed by atoms with Gasteiger partial charge in [0, 0.05) is 42.9 Å². The van der Waals surface area contributed by atoms with E-state index in [0.717, 1.165) is 10.6 Å². The first-order chi connectivity index (χ1) is 12.8. The van der Waals surface area contributed by atoms with Gasteiger partial charge in [-0.25, -0.2) is 13.8 Å². The number of hydrogen-bond acceptors (Lipinski definition) is 4. The number of aromatic nitrogens is 1. The molecule has 1 N–H and O–H groups in total. The molecule has 2 atom stereocenters. The molecular formula is C20H24F2N2O2S. The molecule has 1 saturated heterocycles. The molecule has 0 saturated carbocycles. The summed E-state index contributed by atoms with van der Waals surface area (Å²) in [5, 5.41) is 10.0. The summed E-state index contributed by atoms with van der Waals surface area (Å²) in [4.78, 5) is 16.7. The van der Waals surface area contributed by atoms with E-state index in [1.807, 2.05) is 6.07 Å². The van der Waals surface area contributed by atoms with Crippen LogP contribution in [0.5, 0.6) is 0 Å². The number of nitrogens with zero attached hydrogens (tertiary/aromatic N) is 2. The van der Waals surface area contributed by atoms with Crippen LogP contribution in [-0.4, -0.2) is 45.1 Å². The average molecular weight is 394 g/mol. The Hall–Kier alpha value is -1.73. The van der Waals surface area contributed by atoms with E-state index in [1.165, 1.54) is 11.0 Å². The number of pyridine rings is 1. The second-order valence-corrected chi connectivity index (χ2v) is 8.90. The molecule has 1 fully saturated rings.